The molecule has 5 aromatic carbocycles. The molecule has 0 bridgehead atoms. The zero-order chi connectivity index (χ0) is 63.4. The number of amides is 2. The Bertz CT molecular complexity index is 4680. The van der Waals surface area contributed by atoms with Crippen molar-refractivity contribution in [2.45, 2.75) is 70.8 Å². The summed E-state index contributed by atoms with van der Waals surface area (Å²) in [5.41, 5.74) is 12.6. The summed E-state index contributed by atoms with van der Waals surface area (Å²) in [5, 5.41) is 58.0. The quantitative estimate of drug-likeness (QED) is 0.0112. The fourth-order valence-electron chi connectivity index (χ4n) is 11.8. The van der Waals surface area contributed by atoms with E-state index in [2.05, 4.69) is 20.0 Å². The largest absolute Gasteiger partial charge is 0.489 e. The number of nitro benzene ring substituents is 2. The van der Waals surface area contributed by atoms with Gasteiger partial charge in [-0.2, -0.15) is 0 Å². The molecule has 13 rings (SSSR count). The number of esters is 1. The van der Waals surface area contributed by atoms with Crippen molar-refractivity contribution >= 4 is 74.2 Å². The number of aromatic nitrogens is 2. The van der Waals surface area contributed by atoms with Gasteiger partial charge in [-0.3, -0.25) is 39.4 Å². The van der Waals surface area contributed by atoms with Gasteiger partial charge in [0, 0.05) is 47.0 Å². The lowest BCUT2D eigenvalue weighted by Crippen LogP contribution is -2.61. The van der Waals surface area contributed by atoms with E-state index in [1.165, 1.54) is 67.3 Å². The van der Waals surface area contributed by atoms with Gasteiger partial charge in [0.25, 0.3) is 11.4 Å². The number of aliphatic carboxylic acids is 1. The van der Waals surface area contributed by atoms with Crippen molar-refractivity contribution in [1.29, 1.82) is 0 Å². The minimum Gasteiger partial charge on any atom is -0.489 e. The van der Waals surface area contributed by atoms with Crippen molar-refractivity contribution < 1.29 is 67.4 Å². The molecule has 452 valence electrons. The number of ether oxygens (including phenoxy) is 3. The van der Waals surface area contributed by atoms with Gasteiger partial charge in [0.15, 0.2) is 33.5 Å². The number of nitrogens with zero attached hydrogens (tertiary/aromatic N) is 9. The Kier molecular flexibility index (Phi) is 15.4. The van der Waals surface area contributed by atoms with Gasteiger partial charge in [-0.15, -0.1) is 0 Å². The third-order valence-corrected chi connectivity index (χ3v) is 15.9. The van der Waals surface area contributed by atoms with Gasteiger partial charge in [0.05, 0.1) is 57.1 Å². The van der Waals surface area contributed by atoms with E-state index in [-0.39, 0.29) is 88.6 Å². The SMILES string of the molecule is C[C@@H](O)[C@H]1C(=O)N2C(C(=O)O)=C(c3ccc(COc4ccc5nc6ccc(=O)cc-6oc5c4)cc3[N+](=O)[O-])C[C@H]12.C[C@@H](O)[C@H]1C(=O)N2C(C(=O)OCc3ccc(N=[N+]=[N-])cc3)=C(c3ccc(COc4ccc5nc6ccc(=O)cc-6oc5c4)cc3[N+](=O)[O-])C[C@H]12. The second-order valence-electron chi connectivity index (χ2n) is 21.6. The number of azide groups is 1. The first-order valence-electron chi connectivity index (χ1n) is 27.8. The van der Waals surface area contributed by atoms with Crippen LogP contribution in [0.25, 0.3) is 66.7 Å². The number of carbonyl (C=O) groups excluding carboxylic acids is 3. The first kappa shape index (κ1) is 58.7. The Morgan fingerprint density at radius 3 is 1.53 bits per heavy atom. The Morgan fingerprint density at radius 1 is 0.633 bits per heavy atom. The molecule has 0 saturated carbocycles. The van der Waals surface area contributed by atoms with E-state index in [1.807, 2.05) is 0 Å². The van der Waals surface area contributed by atoms with Gasteiger partial charge in [0.2, 0.25) is 11.8 Å². The Morgan fingerprint density at radius 2 is 1.09 bits per heavy atom. The fourth-order valence-corrected chi connectivity index (χ4v) is 11.8. The van der Waals surface area contributed by atoms with Crippen LogP contribution in [0.4, 0.5) is 17.1 Å². The lowest BCUT2D eigenvalue weighted by Gasteiger charge is -2.44. The smallest absolute Gasteiger partial charge is 0.355 e. The Balaban J connectivity index is 0.000000179. The maximum absolute atomic E-state index is 13.6. The summed E-state index contributed by atoms with van der Waals surface area (Å²) in [4.78, 5) is 112. The normalized spacial score (nSPS) is 18.0. The average Bonchev–Trinajstić information content (AvgIpc) is 1.57. The number of nitro groups is 2. The summed E-state index contributed by atoms with van der Waals surface area (Å²) in [6.45, 7) is 2.67. The Hall–Kier alpha value is -11.7. The standard InChI is InChI=1S/C35H26N6O9.C28H21N3O9/c1-18(42)32-29-15-25(33(40(29)34(32)44)35(45)49-16-19-2-5-21(6-3-19)38-39-36)24-9-4-20(12-28(24)41(46)47)17-48-23-8-11-27-31(14-23)50-30-13-22(43)7-10-26(30)37-27;1-13(32)25-22-11-18(26(28(35)36)30(22)27(25)34)17-5-2-14(8-21(17)31(37)38)12-39-16-4-7-20-24(10-16)40-23-9-15(33)3-6-19(23)29-20/h2-14,18,29,32,42H,15-17H2,1H3;2-10,13,22,25,32H,11-12H2,1H3,(H,35,36)/t18-,29-,32-;13-,22-,25-/m11/s1. The van der Waals surface area contributed by atoms with Crippen LogP contribution in [0.15, 0.2) is 168 Å². The van der Waals surface area contributed by atoms with Crippen LogP contribution in [0.2, 0.25) is 0 Å². The van der Waals surface area contributed by atoms with Crippen molar-refractivity contribution in [1.82, 2.24) is 19.8 Å². The van der Waals surface area contributed by atoms with Crippen molar-refractivity contribution in [3.63, 3.8) is 0 Å². The molecule has 2 saturated heterocycles. The molecule has 90 heavy (non-hydrogen) atoms. The van der Waals surface area contributed by atoms with Gasteiger partial charge >= 0.3 is 11.9 Å². The number of benzene rings is 7. The number of rotatable bonds is 17. The summed E-state index contributed by atoms with van der Waals surface area (Å²) in [6, 6.07) is 32.6. The number of β-lactam (4-membered cyclic amide) rings is 2. The maximum atomic E-state index is 13.6. The van der Waals surface area contributed by atoms with Crippen LogP contribution in [-0.2, 0) is 43.7 Å². The Labute approximate surface area is 505 Å². The molecule has 0 unspecified atom stereocenters. The molecular weight excluding hydrogens is 1170 g/mol. The number of carboxylic acids is 1. The third-order valence-electron chi connectivity index (χ3n) is 15.9. The van der Waals surface area contributed by atoms with E-state index < -0.39 is 69.7 Å². The molecule has 2 aliphatic carbocycles. The molecule has 6 aliphatic heterocycles. The number of hydrogen-bond acceptors (Lipinski definition) is 20. The summed E-state index contributed by atoms with van der Waals surface area (Å²) in [7, 11) is 0. The third kappa shape index (κ3) is 11.0. The van der Waals surface area contributed by atoms with E-state index >= 15 is 0 Å². The highest BCUT2D eigenvalue weighted by Gasteiger charge is 2.59. The van der Waals surface area contributed by atoms with E-state index in [1.54, 1.807) is 84.9 Å². The fraction of sp³-hybridized carbons (Fsp3) is 0.206. The number of carboxylic acid groups (broad SMARTS) is 1. The highest BCUT2D eigenvalue weighted by molar-refractivity contribution is 6.08. The van der Waals surface area contributed by atoms with Crippen LogP contribution >= 0.6 is 0 Å². The minimum absolute atomic E-state index is 0.0412. The van der Waals surface area contributed by atoms with Crippen molar-refractivity contribution in [2.24, 2.45) is 17.0 Å². The molecule has 3 N–H and O–H groups in total. The molecule has 5 aromatic rings. The molecular formula is C63H47N9O18. The zero-order valence-corrected chi connectivity index (χ0v) is 47.2. The number of hydrogen-bond donors (Lipinski definition) is 3. The van der Waals surface area contributed by atoms with Gasteiger partial charge in [0.1, 0.15) is 65.1 Å². The van der Waals surface area contributed by atoms with Gasteiger partial charge in [-0.1, -0.05) is 41.5 Å². The lowest BCUT2D eigenvalue weighted by atomic mass is 9.82. The average molecular weight is 1220 g/mol. The van der Waals surface area contributed by atoms with E-state index in [0.29, 0.717) is 79.0 Å². The van der Waals surface area contributed by atoms with E-state index in [9.17, 15) is 64.3 Å². The minimum atomic E-state index is -1.37. The summed E-state index contributed by atoms with van der Waals surface area (Å²) < 4.78 is 29.0. The second kappa shape index (κ2) is 23.5. The van der Waals surface area contributed by atoms with Crippen LogP contribution in [-0.4, -0.2) is 93.0 Å². The van der Waals surface area contributed by atoms with Crippen LogP contribution in [0.5, 0.6) is 11.5 Å². The number of aliphatic hydroxyl groups excluding tert-OH is 2. The van der Waals surface area contributed by atoms with Crippen LogP contribution in [0, 0.1) is 32.1 Å². The summed E-state index contributed by atoms with van der Waals surface area (Å²) in [6.07, 6.45) is -1.79. The molecule has 2 fully saturated rings. The maximum Gasteiger partial charge on any atom is 0.355 e. The molecule has 8 aliphatic rings. The van der Waals surface area contributed by atoms with E-state index in [0.717, 1.165) is 4.90 Å². The van der Waals surface area contributed by atoms with Crippen molar-refractivity contribution in [3.8, 4) is 34.4 Å². The van der Waals surface area contributed by atoms with Crippen LogP contribution in [0.1, 0.15) is 54.5 Å². The van der Waals surface area contributed by atoms with Gasteiger partial charge in [-0.25, -0.2) is 19.6 Å². The first-order chi connectivity index (χ1) is 43.2. The molecule has 27 nitrogen and oxygen atoms in total. The first-order valence-corrected chi connectivity index (χ1v) is 27.8. The van der Waals surface area contributed by atoms with Crippen molar-refractivity contribution in [2.75, 3.05) is 0 Å². The highest BCUT2D eigenvalue weighted by Crippen LogP contribution is 2.50. The monoisotopic (exact) mass is 1220 g/mol. The van der Waals surface area contributed by atoms with E-state index in [4.69, 9.17) is 28.6 Å². The molecule has 0 spiro atoms. The summed E-state index contributed by atoms with van der Waals surface area (Å²) >= 11 is 0. The second-order valence-corrected chi connectivity index (χ2v) is 21.6. The highest BCUT2D eigenvalue weighted by atomic mass is 16.6. The van der Waals surface area contributed by atoms with Gasteiger partial charge in [-0.05, 0) is 121 Å². The zero-order valence-electron chi connectivity index (χ0n) is 47.2. The van der Waals surface area contributed by atoms with Crippen LogP contribution in [0.3, 0.4) is 0 Å². The lowest BCUT2D eigenvalue weighted by molar-refractivity contribution is -0.385. The predicted octanol–water partition coefficient (Wildman–Crippen LogP) is 8.98. The van der Waals surface area contributed by atoms with Crippen LogP contribution < -0.4 is 20.3 Å². The predicted molar refractivity (Wildman–Crippen MR) is 316 cm³/mol. The molecule has 6 atom stereocenters. The van der Waals surface area contributed by atoms with Crippen molar-refractivity contribution in [3.05, 3.63) is 224 Å². The molecule has 2 amide bonds. The number of fused-ring (bicyclic) bond motifs is 6. The molecule has 0 aromatic heterocycles. The molecule has 27 heteroatoms. The van der Waals surface area contributed by atoms with Gasteiger partial charge < -0.3 is 48.2 Å². The summed E-state index contributed by atoms with van der Waals surface area (Å²) in [5.74, 6) is -3.29. The number of carbonyl (C=O) groups is 4. The molecule has 6 heterocycles. The topological polar surface area (TPSA) is 384 Å². The number of aliphatic hydroxyl groups is 2. The molecule has 0 radical (unpaired) electrons.